The fraction of sp³-hybridized carbons (Fsp3) is 0.571. The van der Waals surface area contributed by atoms with E-state index in [1.54, 1.807) is 0 Å². The first-order valence-corrected chi connectivity index (χ1v) is 6.81. The van der Waals surface area contributed by atoms with Gasteiger partial charge in [-0.25, -0.2) is 0 Å². The molecule has 0 spiro atoms. The molecule has 0 radical (unpaired) electrons. The van der Waals surface area contributed by atoms with Crippen molar-refractivity contribution in [2.75, 3.05) is 19.8 Å². The van der Waals surface area contributed by atoms with E-state index in [0.717, 1.165) is 31.6 Å². The van der Waals surface area contributed by atoms with Crippen LogP contribution in [0.4, 0.5) is 0 Å². The lowest BCUT2D eigenvalue weighted by atomic mass is 9.82. The number of hydrogen-bond acceptors (Lipinski definition) is 3. The quantitative estimate of drug-likeness (QED) is 0.881. The monoisotopic (exact) mass is 269 g/mol. The Bertz CT molecular complexity index is 363. The summed E-state index contributed by atoms with van der Waals surface area (Å²) in [4.78, 5) is 0. The van der Waals surface area contributed by atoms with Gasteiger partial charge in [0.1, 0.15) is 0 Å². The van der Waals surface area contributed by atoms with Gasteiger partial charge in [0.2, 0.25) is 0 Å². The van der Waals surface area contributed by atoms with Crippen molar-refractivity contribution in [2.45, 2.75) is 24.9 Å². The average molecular weight is 270 g/mol. The normalized spacial score (nSPS) is 20.6. The first kappa shape index (κ1) is 13.8. The molecule has 1 aromatic rings. The van der Waals surface area contributed by atoms with Gasteiger partial charge in [0.25, 0.3) is 0 Å². The Morgan fingerprint density at radius 1 is 1.28 bits per heavy atom. The molecule has 0 aliphatic carbocycles. The summed E-state index contributed by atoms with van der Waals surface area (Å²) in [6.45, 7) is 1.92. The molecule has 1 aliphatic rings. The highest BCUT2D eigenvalue weighted by atomic mass is 35.5. The predicted molar refractivity (Wildman–Crippen MR) is 72.8 cm³/mol. The minimum Gasteiger partial charge on any atom is -0.392 e. The summed E-state index contributed by atoms with van der Waals surface area (Å²) in [6, 6.07) is 7.58. The topological polar surface area (TPSA) is 55.5 Å². The van der Waals surface area contributed by atoms with Crippen LogP contribution in [-0.4, -0.2) is 31.0 Å². The number of aliphatic hydroxyl groups is 1. The molecule has 1 saturated heterocycles. The Morgan fingerprint density at radius 2 is 1.89 bits per heavy atom. The highest BCUT2D eigenvalue weighted by Gasteiger charge is 2.29. The molecule has 0 saturated carbocycles. The lowest BCUT2D eigenvalue weighted by Gasteiger charge is -2.32. The van der Waals surface area contributed by atoms with Gasteiger partial charge in [0, 0.05) is 30.7 Å². The molecule has 2 unspecified atom stereocenters. The number of halogens is 1. The van der Waals surface area contributed by atoms with Gasteiger partial charge in [-0.05, 0) is 36.5 Å². The second kappa shape index (κ2) is 6.53. The summed E-state index contributed by atoms with van der Waals surface area (Å²) in [6.07, 6.45) is 1.41. The van der Waals surface area contributed by atoms with E-state index >= 15 is 0 Å². The number of benzene rings is 1. The lowest BCUT2D eigenvalue weighted by Crippen LogP contribution is -2.35. The van der Waals surface area contributed by atoms with Gasteiger partial charge in [-0.1, -0.05) is 23.7 Å². The van der Waals surface area contributed by atoms with Crippen molar-refractivity contribution < 1.29 is 9.84 Å². The third kappa shape index (κ3) is 3.23. The molecule has 0 bridgehead atoms. The second-order valence-electron chi connectivity index (χ2n) is 4.83. The molecule has 2 rings (SSSR count). The average Bonchev–Trinajstić information content (AvgIpc) is 2.42. The van der Waals surface area contributed by atoms with Crippen LogP contribution in [0, 0.1) is 5.92 Å². The summed E-state index contributed by atoms with van der Waals surface area (Å²) in [5, 5.41) is 11.2. The maximum Gasteiger partial charge on any atom is 0.0650 e. The van der Waals surface area contributed by atoms with Crippen LogP contribution >= 0.6 is 11.6 Å². The van der Waals surface area contributed by atoms with Crippen LogP contribution in [0.15, 0.2) is 24.3 Å². The van der Waals surface area contributed by atoms with E-state index in [1.807, 2.05) is 24.3 Å². The summed E-state index contributed by atoms with van der Waals surface area (Å²) >= 11 is 5.88. The Balaban J connectivity index is 2.09. The van der Waals surface area contributed by atoms with Crippen LogP contribution in [0.2, 0.25) is 5.02 Å². The van der Waals surface area contributed by atoms with Crippen LogP contribution in [0.1, 0.15) is 24.3 Å². The summed E-state index contributed by atoms with van der Waals surface area (Å²) in [5.74, 6) is 0.258. The molecular weight excluding hydrogens is 250 g/mol. The van der Waals surface area contributed by atoms with E-state index in [4.69, 9.17) is 22.1 Å². The predicted octanol–water partition coefficient (Wildman–Crippen LogP) is 2.17. The fourth-order valence-electron chi connectivity index (χ4n) is 2.57. The molecule has 1 aromatic carbocycles. The van der Waals surface area contributed by atoms with E-state index in [1.165, 1.54) is 0 Å². The van der Waals surface area contributed by atoms with E-state index in [2.05, 4.69) is 0 Å². The molecule has 0 aromatic heterocycles. The zero-order chi connectivity index (χ0) is 13.0. The SMILES string of the molecule is NCC(c1ccc(Cl)cc1)C(O)C1CCOCC1. The van der Waals surface area contributed by atoms with Gasteiger partial charge in [-0.15, -0.1) is 0 Å². The Kier molecular flexibility index (Phi) is 5.01. The zero-order valence-electron chi connectivity index (χ0n) is 10.4. The molecule has 3 N–H and O–H groups in total. The molecule has 0 amide bonds. The zero-order valence-corrected chi connectivity index (χ0v) is 11.1. The molecule has 18 heavy (non-hydrogen) atoms. The fourth-order valence-corrected chi connectivity index (χ4v) is 2.69. The van der Waals surface area contributed by atoms with Gasteiger partial charge in [-0.3, -0.25) is 0 Å². The van der Waals surface area contributed by atoms with Gasteiger partial charge in [0.15, 0.2) is 0 Å². The van der Waals surface area contributed by atoms with Crippen LogP contribution in [0.5, 0.6) is 0 Å². The van der Waals surface area contributed by atoms with Crippen molar-refractivity contribution in [1.82, 2.24) is 0 Å². The highest BCUT2D eigenvalue weighted by Crippen LogP contribution is 2.29. The molecule has 1 heterocycles. The Labute approximate surface area is 113 Å². The molecular formula is C14H20ClNO2. The number of rotatable bonds is 4. The number of nitrogens with two attached hydrogens (primary N) is 1. The molecule has 1 aliphatic heterocycles. The molecule has 100 valence electrons. The number of ether oxygens (including phenoxy) is 1. The van der Waals surface area contributed by atoms with Crippen molar-refractivity contribution in [3.63, 3.8) is 0 Å². The van der Waals surface area contributed by atoms with E-state index in [0.29, 0.717) is 11.6 Å². The molecule has 2 atom stereocenters. The second-order valence-corrected chi connectivity index (χ2v) is 5.27. The first-order chi connectivity index (χ1) is 8.72. The van der Waals surface area contributed by atoms with Crippen molar-refractivity contribution in [2.24, 2.45) is 11.7 Å². The van der Waals surface area contributed by atoms with Crippen molar-refractivity contribution in [3.8, 4) is 0 Å². The third-order valence-electron chi connectivity index (χ3n) is 3.71. The molecule has 3 nitrogen and oxygen atoms in total. The smallest absolute Gasteiger partial charge is 0.0650 e. The van der Waals surface area contributed by atoms with Crippen molar-refractivity contribution in [1.29, 1.82) is 0 Å². The van der Waals surface area contributed by atoms with Gasteiger partial charge < -0.3 is 15.6 Å². The summed E-state index contributed by atoms with van der Waals surface area (Å²) in [7, 11) is 0. The molecule has 1 fully saturated rings. The minimum absolute atomic E-state index is 0.0228. The van der Waals surface area contributed by atoms with Crippen LogP contribution < -0.4 is 5.73 Å². The Morgan fingerprint density at radius 3 is 2.44 bits per heavy atom. The number of aliphatic hydroxyl groups excluding tert-OH is 1. The van der Waals surface area contributed by atoms with E-state index < -0.39 is 6.10 Å². The lowest BCUT2D eigenvalue weighted by molar-refractivity contribution is -0.00194. The summed E-state index contributed by atoms with van der Waals surface area (Å²) < 4.78 is 5.32. The van der Waals surface area contributed by atoms with Gasteiger partial charge in [0.05, 0.1) is 6.10 Å². The third-order valence-corrected chi connectivity index (χ3v) is 3.97. The van der Waals surface area contributed by atoms with Crippen LogP contribution in [0.3, 0.4) is 0 Å². The number of hydrogen-bond donors (Lipinski definition) is 2. The van der Waals surface area contributed by atoms with Gasteiger partial charge >= 0.3 is 0 Å². The maximum atomic E-state index is 10.5. The van der Waals surface area contributed by atoms with Crippen LogP contribution in [0.25, 0.3) is 0 Å². The largest absolute Gasteiger partial charge is 0.392 e. The van der Waals surface area contributed by atoms with Gasteiger partial charge in [-0.2, -0.15) is 0 Å². The Hall–Kier alpha value is -0.610. The highest BCUT2D eigenvalue weighted by molar-refractivity contribution is 6.30. The van der Waals surface area contributed by atoms with E-state index in [-0.39, 0.29) is 11.8 Å². The van der Waals surface area contributed by atoms with Crippen molar-refractivity contribution >= 4 is 11.6 Å². The molecule has 4 heteroatoms. The van der Waals surface area contributed by atoms with Crippen LogP contribution in [-0.2, 0) is 4.74 Å². The standard InChI is InChI=1S/C14H20ClNO2/c15-12-3-1-10(2-4-12)13(9-16)14(17)11-5-7-18-8-6-11/h1-4,11,13-14,17H,5-9,16H2. The minimum atomic E-state index is -0.403. The van der Waals surface area contributed by atoms with E-state index in [9.17, 15) is 5.11 Å². The summed E-state index contributed by atoms with van der Waals surface area (Å²) in [5.41, 5.74) is 6.88. The van der Waals surface area contributed by atoms with Crippen molar-refractivity contribution in [3.05, 3.63) is 34.9 Å². The first-order valence-electron chi connectivity index (χ1n) is 6.43. The maximum absolute atomic E-state index is 10.5.